The minimum Gasteiger partial charge on any atom is -0.484 e. The van der Waals surface area contributed by atoms with E-state index in [9.17, 15) is 13.2 Å². The maximum atomic E-state index is 12.0. The number of aryl methyl sites for hydroxylation is 2. The Balaban J connectivity index is 2.88. The third-order valence-electron chi connectivity index (χ3n) is 2.05. The highest BCUT2D eigenvalue weighted by molar-refractivity contribution is 6.17. The Hall–Kier alpha value is -0.900. The van der Waals surface area contributed by atoms with Crippen LogP contribution in [0.25, 0.3) is 0 Å². The van der Waals surface area contributed by atoms with Crippen LogP contribution in [0.15, 0.2) is 12.1 Å². The molecule has 0 fully saturated rings. The standard InChI is InChI=1S/C11H12ClF3O/c1-7-3-9(5-12)4-8(2)10(7)16-6-11(13,14)15/h3-4H,5-6H2,1-2H3. The van der Waals surface area contributed by atoms with Crippen molar-refractivity contribution in [1.29, 1.82) is 0 Å². The molecule has 0 aromatic heterocycles. The molecular weight excluding hydrogens is 241 g/mol. The van der Waals surface area contributed by atoms with Crippen LogP contribution in [0.4, 0.5) is 13.2 Å². The van der Waals surface area contributed by atoms with E-state index in [-0.39, 0.29) is 5.75 Å². The Kier molecular flexibility index (Phi) is 4.08. The molecule has 0 radical (unpaired) electrons. The number of alkyl halides is 4. The van der Waals surface area contributed by atoms with Gasteiger partial charge in [-0.2, -0.15) is 13.2 Å². The van der Waals surface area contributed by atoms with Crippen molar-refractivity contribution in [3.05, 3.63) is 28.8 Å². The number of ether oxygens (including phenoxy) is 1. The van der Waals surface area contributed by atoms with Gasteiger partial charge in [-0.3, -0.25) is 0 Å². The van der Waals surface area contributed by atoms with Crippen LogP contribution in [0, 0.1) is 13.8 Å². The zero-order chi connectivity index (χ0) is 12.3. The lowest BCUT2D eigenvalue weighted by Crippen LogP contribution is -2.20. The van der Waals surface area contributed by atoms with Gasteiger partial charge in [-0.25, -0.2) is 0 Å². The molecule has 1 aromatic carbocycles. The summed E-state index contributed by atoms with van der Waals surface area (Å²) in [4.78, 5) is 0. The molecule has 0 bridgehead atoms. The molecule has 90 valence electrons. The zero-order valence-corrected chi connectivity index (χ0v) is 9.74. The van der Waals surface area contributed by atoms with Crippen LogP contribution in [0.5, 0.6) is 5.75 Å². The quantitative estimate of drug-likeness (QED) is 0.740. The van der Waals surface area contributed by atoms with Crippen LogP contribution in [0.2, 0.25) is 0 Å². The van der Waals surface area contributed by atoms with Crippen molar-refractivity contribution < 1.29 is 17.9 Å². The number of rotatable bonds is 3. The molecule has 5 heteroatoms. The predicted molar refractivity (Wildman–Crippen MR) is 57.0 cm³/mol. The summed E-state index contributed by atoms with van der Waals surface area (Å²) in [5.41, 5.74) is 2.20. The summed E-state index contributed by atoms with van der Waals surface area (Å²) < 4.78 is 40.8. The molecule has 0 spiro atoms. The van der Waals surface area contributed by atoms with E-state index < -0.39 is 12.8 Å². The molecule has 0 atom stereocenters. The third kappa shape index (κ3) is 3.59. The smallest absolute Gasteiger partial charge is 0.422 e. The molecule has 1 aromatic rings. The van der Waals surface area contributed by atoms with E-state index in [1.807, 2.05) is 0 Å². The van der Waals surface area contributed by atoms with Gasteiger partial charge in [-0.1, -0.05) is 12.1 Å². The largest absolute Gasteiger partial charge is 0.484 e. The lowest BCUT2D eigenvalue weighted by Gasteiger charge is -2.14. The molecule has 0 saturated heterocycles. The van der Waals surface area contributed by atoms with Crippen LogP contribution < -0.4 is 4.74 Å². The molecule has 0 aliphatic rings. The lowest BCUT2D eigenvalue weighted by atomic mass is 10.1. The van der Waals surface area contributed by atoms with Gasteiger partial charge in [0.2, 0.25) is 0 Å². The van der Waals surface area contributed by atoms with Crippen molar-refractivity contribution in [2.24, 2.45) is 0 Å². The van der Waals surface area contributed by atoms with Crippen LogP contribution in [0.3, 0.4) is 0 Å². The van der Waals surface area contributed by atoms with E-state index in [1.54, 1.807) is 26.0 Å². The fourth-order valence-corrected chi connectivity index (χ4v) is 1.65. The first-order valence-corrected chi connectivity index (χ1v) is 5.22. The lowest BCUT2D eigenvalue weighted by molar-refractivity contribution is -0.153. The van der Waals surface area contributed by atoms with Gasteiger partial charge in [-0.15, -0.1) is 11.6 Å². The van der Waals surface area contributed by atoms with Crippen molar-refractivity contribution in [2.75, 3.05) is 6.61 Å². The number of halogens is 4. The minimum atomic E-state index is -4.32. The van der Waals surface area contributed by atoms with Gasteiger partial charge < -0.3 is 4.74 Å². The highest BCUT2D eigenvalue weighted by Crippen LogP contribution is 2.27. The van der Waals surface area contributed by atoms with E-state index in [4.69, 9.17) is 16.3 Å². The summed E-state index contributed by atoms with van der Waals surface area (Å²) in [7, 11) is 0. The molecule has 0 amide bonds. The van der Waals surface area contributed by atoms with Crippen LogP contribution in [-0.4, -0.2) is 12.8 Å². The fourth-order valence-electron chi connectivity index (χ4n) is 1.50. The maximum Gasteiger partial charge on any atom is 0.422 e. The van der Waals surface area contributed by atoms with Crippen LogP contribution in [0.1, 0.15) is 16.7 Å². The summed E-state index contributed by atoms with van der Waals surface area (Å²) >= 11 is 5.65. The number of hydrogen-bond donors (Lipinski definition) is 0. The Morgan fingerprint density at radius 3 is 2.06 bits per heavy atom. The monoisotopic (exact) mass is 252 g/mol. The van der Waals surface area contributed by atoms with E-state index in [2.05, 4.69) is 0 Å². The van der Waals surface area contributed by atoms with Crippen molar-refractivity contribution in [3.8, 4) is 5.75 Å². The topological polar surface area (TPSA) is 9.23 Å². The second kappa shape index (κ2) is 4.95. The third-order valence-corrected chi connectivity index (χ3v) is 2.36. The molecule has 1 rings (SSSR count). The second-order valence-corrected chi connectivity index (χ2v) is 3.86. The normalized spacial score (nSPS) is 11.6. The summed E-state index contributed by atoms with van der Waals surface area (Å²) in [6, 6.07) is 3.46. The first kappa shape index (κ1) is 13.2. The molecule has 0 saturated carbocycles. The number of hydrogen-bond acceptors (Lipinski definition) is 1. The van der Waals surface area contributed by atoms with Gasteiger partial charge in [0.1, 0.15) is 5.75 Å². The Bertz CT molecular complexity index is 351. The SMILES string of the molecule is Cc1cc(CCl)cc(C)c1OCC(F)(F)F. The molecule has 0 heterocycles. The summed E-state index contributed by atoms with van der Waals surface area (Å²) in [5, 5.41) is 0. The summed E-state index contributed by atoms with van der Waals surface area (Å²) in [6.07, 6.45) is -4.32. The molecule has 16 heavy (non-hydrogen) atoms. The first-order valence-electron chi connectivity index (χ1n) is 4.69. The average molecular weight is 253 g/mol. The molecule has 0 unspecified atom stereocenters. The molecule has 0 aliphatic carbocycles. The highest BCUT2D eigenvalue weighted by Gasteiger charge is 2.28. The highest BCUT2D eigenvalue weighted by atomic mass is 35.5. The Labute approximate surface area is 97.2 Å². The predicted octanol–water partition coefficient (Wildman–Crippen LogP) is 3.98. The Morgan fingerprint density at radius 1 is 1.19 bits per heavy atom. The van der Waals surface area contributed by atoms with E-state index in [0.717, 1.165) is 5.56 Å². The fraction of sp³-hybridized carbons (Fsp3) is 0.455. The van der Waals surface area contributed by atoms with Crippen molar-refractivity contribution in [2.45, 2.75) is 25.9 Å². The Morgan fingerprint density at radius 2 is 1.69 bits per heavy atom. The average Bonchev–Trinajstić information content (AvgIpc) is 2.14. The molecule has 0 N–H and O–H groups in total. The van der Waals surface area contributed by atoms with Crippen molar-refractivity contribution >= 4 is 11.6 Å². The first-order chi connectivity index (χ1) is 7.33. The summed E-state index contributed by atoms with van der Waals surface area (Å²) in [5.74, 6) is 0.618. The second-order valence-electron chi connectivity index (χ2n) is 3.60. The van der Waals surface area contributed by atoms with Gasteiger partial charge in [0, 0.05) is 5.88 Å². The van der Waals surface area contributed by atoms with Gasteiger partial charge in [0.05, 0.1) is 0 Å². The van der Waals surface area contributed by atoms with E-state index in [1.165, 1.54) is 0 Å². The van der Waals surface area contributed by atoms with Crippen LogP contribution in [-0.2, 0) is 5.88 Å². The van der Waals surface area contributed by atoms with Gasteiger partial charge >= 0.3 is 6.18 Å². The van der Waals surface area contributed by atoms with Gasteiger partial charge in [-0.05, 0) is 30.5 Å². The minimum absolute atomic E-state index is 0.284. The van der Waals surface area contributed by atoms with E-state index >= 15 is 0 Å². The van der Waals surface area contributed by atoms with Crippen molar-refractivity contribution in [1.82, 2.24) is 0 Å². The number of benzene rings is 1. The summed E-state index contributed by atoms with van der Waals surface area (Å²) in [6.45, 7) is 2.14. The molecular formula is C11H12ClF3O. The van der Waals surface area contributed by atoms with E-state index in [0.29, 0.717) is 17.0 Å². The van der Waals surface area contributed by atoms with Gasteiger partial charge in [0.15, 0.2) is 6.61 Å². The zero-order valence-electron chi connectivity index (χ0n) is 8.99. The maximum absolute atomic E-state index is 12.0. The van der Waals surface area contributed by atoms with Gasteiger partial charge in [0.25, 0.3) is 0 Å². The molecule has 0 aliphatic heterocycles. The van der Waals surface area contributed by atoms with Crippen LogP contribution >= 0.6 is 11.6 Å². The van der Waals surface area contributed by atoms with Crippen molar-refractivity contribution in [3.63, 3.8) is 0 Å². The molecule has 1 nitrogen and oxygen atoms in total.